The Labute approximate surface area is 159 Å². The highest BCUT2D eigenvalue weighted by atomic mass is 16.5. The van der Waals surface area contributed by atoms with Crippen molar-refractivity contribution in [2.75, 3.05) is 39.4 Å². The normalized spacial score (nSPS) is 15.4. The summed E-state index contributed by atoms with van der Waals surface area (Å²) >= 11 is 0. The Morgan fingerprint density at radius 1 is 1.04 bits per heavy atom. The van der Waals surface area contributed by atoms with Crippen molar-refractivity contribution in [2.45, 2.75) is 13.1 Å². The molecule has 1 fully saturated rings. The Balaban J connectivity index is 1.44. The van der Waals surface area contributed by atoms with Crippen molar-refractivity contribution < 1.29 is 9.15 Å². The van der Waals surface area contributed by atoms with Crippen molar-refractivity contribution in [3.8, 4) is 5.69 Å². The van der Waals surface area contributed by atoms with Crippen LogP contribution in [0.1, 0.15) is 11.3 Å². The van der Waals surface area contributed by atoms with Crippen molar-refractivity contribution in [2.24, 2.45) is 0 Å². The van der Waals surface area contributed by atoms with E-state index in [-0.39, 0.29) is 0 Å². The maximum Gasteiger partial charge on any atom is 0.117 e. The van der Waals surface area contributed by atoms with Gasteiger partial charge in [0.2, 0.25) is 0 Å². The molecule has 0 unspecified atom stereocenters. The zero-order valence-corrected chi connectivity index (χ0v) is 15.5. The van der Waals surface area contributed by atoms with Gasteiger partial charge in [0.1, 0.15) is 5.76 Å². The van der Waals surface area contributed by atoms with Gasteiger partial charge < -0.3 is 9.15 Å². The third-order valence-electron chi connectivity index (χ3n) is 4.88. The minimum absolute atomic E-state index is 0.809. The Kier molecular flexibility index (Phi) is 5.99. The van der Waals surface area contributed by atoms with Gasteiger partial charge in [-0.05, 0) is 35.9 Å². The van der Waals surface area contributed by atoms with Crippen LogP contribution in [0, 0.1) is 0 Å². The summed E-state index contributed by atoms with van der Waals surface area (Å²) in [5.41, 5.74) is 2.36. The molecule has 1 aromatic carbocycles. The summed E-state index contributed by atoms with van der Waals surface area (Å²) in [6.45, 7) is 7.43. The number of hydrogen-bond acceptors (Lipinski definition) is 5. The van der Waals surface area contributed by atoms with Crippen LogP contribution in [0.25, 0.3) is 5.69 Å². The maximum absolute atomic E-state index is 5.59. The molecule has 4 rings (SSSR count). The standard InChI is InChI=1S/C21H26N4O2/c1-4-19(16-20(5-1)25-8-3-7-22-25)17-24(18-21-6-2-13-27-21)10-9-23-11-14-26-15-12-23/h1-8,13,16H,9-12,14-15,17-18H2. The average molecular weight is 366 g/mol. The SMILES string of the molecule is c1cc(CN(CCN2CCOCC2)Cc2ccco2)cc(-n2cccn2)c1. The number of hydrogen-bond donors (Lipinski definition) is 0. The van der Waals surface area contributed by atoms with Crippen molar-refractivity contribution in [3.05, 3.63) is 72.4 Å². The summed E-state index contributed by atoms with van der Waals surface area (Å²) in [6.07, 6.45) is 5.52. The second-order valence-corrected chi connectivity index (χ2v) is 6.86. The topological polar surface area (TPSA) is 46.7 Å². The largest absolute Gasteiger partial charge is 0.468 e. The lowest BCUT2D eigenvalue weighted by Crippen LogP contribution is -2.41. The van der Waals surface area contributed by atoms with Gasteiger partial charge in [0, 0.05) is 45.1 Å². The van der Waals surface area contributed by atoms with Crippen LogP contribution in [0.3, 0.4) is 0 Å². The molecule has 142 valence electrons. The molecular formula is C21H26N4O2. The van der Waals surface area contributed by atoms with Crippen LogP contribution < -0.4 is 0 Å². The minimum atomic E-state index is 0.809. The zero-order chi connectivity index (χ0) is 18.3. The molecule has 1 aliphatic rings. The summed E-state index contributed by atoms with van der Waals surface area (Å²) < 4.78 is 12.9. The van der Waals surface area contributed by atoms with E-state index >= 15 is 0 Å². The summed E-state index contributed by atoms with van der Waals surface area (Å²) in [5, 5.41) is 4.33. The third kappa shape index (κ3) is 5.07. The number of ether oxygens (including phenoxy) is 1. The van der Waals surface area contributed by atoms with E-state index in [1.807, 2.05) is 29.1 Å². The van der Waals surface area contributed by atoms with E-state index in [2.05, 4.69) is 39.2 Å². The van der Waals surface area contributed by atoms with Gasteiger partial charge in [0.25, 0.3) is 0 Å². The fourth-order valence-electron chi connectivity index (χ4n) is 3.42. The van der Waals surface area contributed by atoms with Crippen molar-refractivity contribution in [1.82, 2.24) is 19.6 Å². The monoisotopic (exact) mass is 366 g/mol. The molecule has 6 nitrogen and oxygen atoms in total. The van der Waals surface area contributed by atoms with E-state index in [1.54, 1.807) is 12.5 Å². The predicted molar refractivity (Wildman–Crippen MR) is 104 cm³/mol. The van der Waals surface area contributed by atoms with Crippen LogP contribution in [0.2, 0.25) is 0 Å². The maximum atomic E-state index is 5.59. The lowest BCUT2D eigenvalue weighted by Gasteiger charge is -2.29. The van der Waals surface area contributed by atoms with Gasteiger partial charge in [-0.2, -0.15) is 5.10 Å². The van der Waals surface area contributed by atoms with Gasteiger partial charge in [0.05, 0.1) is 31.7 Å². The first-order chi connectivity index (χ1) is 13.4. The summed E-state index contributed by atoms with van der Waals surface area (Å²) in [4.78, 5) is 4.91. The van der Waals surface area contributed by atoms with Gasteiger partial charge >= 0.3 is 0 Å². The van der Waals surface area contributed by atoms with E-state index < -0.39 is 0 Å². The lowest BCUT2D eigenvalue weighted by molar-refractivity contribution is 0.0321. The van der Waals surface area contributed by atoms with Crippen molar-refractivity contribution in [3.63, 3.8) is 0 Å². The fourth-order valence-corrected chi connectivity index (χ4v) is 3.42. The van der Waals surface area contributed by atoms with E-state index in [9.17, 15) is 0 Å². The Morgan fingerprint density at radius 2 is 1.96 bits per heavy atom. The Hall–Kier alpha value is -2.41. The van der Waals surface area contributed by atoms with E-state index in [4.69, 9.17) is 9.15 Å². The Morgan fingerprint density at radius 3 is 2.74 bits per heavy atom. The van der Waals surface area contributed by atoms with E-state index in [0.29, 0.717) is 0 Å². The number of nitrogens with zero attached hydrogens (tertiary/aromatic N) is 4. The first kappa shape index (κ1) is 18.0. The van der Waals surface area contributed by atoms with Crippen molar-refractivity contribution >= 4 is 0 Å². The van der Waals surface area contributed by atoms with Gasteiger partial charge in [-0.3, -0.25) is 9.80 Å². The number of morpholine rings is 1. The summed E-state index contributed by atoms with van der Waals surface area (Å²) in [7, 11) is 0. The lowest BCUT2D eigenvalue weighted by atomic mass is 10.2. The van der Waals surface area contributed by atoms with E-state index in [1.165, 1.54) is 5.56 Å². The fraction of sp³-hybridized carbons (Fsp3) is 0.381. The summed E-state index contributed by atoms with van der Waals surface area (Å²) in [5.74, 6) is 1.00. The second kappa shape index (κ2) is 8.99. The van der Waals surface area contributed by atoms with Gasteiger partial charge in [-0.25, -0.2) is 4.68 Å². The summed E-state index contributed by atoms with van der Waals surface area (Å²) in [6, 6.07) is 14.5. The number of furan rings is 1. The predicted octanol–water partition coefficient (Wildman–Crippen LogP) is 2.80. The van der Waals surface area contributed by atoms with Crippen LogP contribution in [0.15, 0.2) is 65.5 Å². The highest BCUT2D eigenvalue weighted by molar-refractivity contribution is 5.35. The van der Waals surface area contributed by atoms with Crippen molar-refractivity contribution in [1.29, 1.82) is 0 Å². The molecule has 0 spiro atoms. The van der Waals surface area contributed by atoms with Crippen LogP contribution in [0.4, 0.5) is 0 Å². The molecule has 0 atom stereocenters. The van der Waals surface area contributed by atoms with Gasteiger partial charge in [-0.1, -0.05) is 12.1 Å². The van der Waals surface area contributed by atoms with Crippen LogP contribution in [-0.4, -0.2) is 59.0 Å². The molecule has 0 saturated carbocycles. The van der Waals surface area contributed by atoms with Gasteiger partial charge in [-0.15, -0.1) is 0 Å². The third-order valence-corrected chi connectivity index (χ3v) is 4.88. The molecule has 0 N–H and O–H groups in total. The molecule has 3 heterocycles. The molecular weight excluding hydrogens is 340 g/mol. The smallest absolute Gasteiger partial charge is 0.117 e. The number of benzene rings is 1. The van der Waals surface area contributed by atoms with E-state index in [0.717, 1.165) is 63.9 Å². The molecule has 0 bridgehead atoms. The first-order valence-electron chi connectivity index (χ1n) is 9.51. The second-order valence-electron chi connectivity index (χ2n) is 6.86. The molecule has 2 aromatic heterocycles. The van der Waals surface area contributed by atoms with Crippen LogP contribution in [0.5, 0.6) is 0 Å². The quantitative estimate of drug-likeness (QED) is 0.613. The zero-order valence-electron chi connectivity index (χ0n) is 15.5. The highest BCUT2D eigenvalue weighted by Gasteiger charge is 2.14. The number of aromatic nitrogens is 2. The highest BCUT2D eigenvalue weighted by Crippen LogP contribution is 2.14. The molecule has 0 aliphatic carbocycles. The molecule has 27 heavy (non-hydrogen) atoms. The first-order valence-corrected chi connectivity index (χ1v) is 9.51. The molecule has 3 aromatic rings. The Bertz CT molecular complexity index is 795. The number of rotatable bonds is 8. The molecule has 0 radical (unpaired) electrons. The van der Waals surface area contributed by atoms with Crippen LogP contribution in [-0.2, 0) is 17.8 Å². The molecule has 0 amide bonds. The molecule has 1 aliphatic heterocycles. The molecule has 6 heteroatoms. The van der Waals surface area contributed by atoms with Crippen LogP contribution >= 0.6 is 0 Å². The molecule has 1 saturated heterocycles. The van der Waals surface area contributed by atoms with Gasteiger partial charge in [0.15, 0.2) is 0 Å². The minimum Gasteiger partial charge on any atom is -0.468 e. The average Bonchev–Trinajstić information content (AvgIpc) is 3.41.